The number of aliphatic hydroxyl groups excluding tert-OH is 1. The summed E-state index contributed by atoms with van der Waals surface area (Å²) in [5.74, 6) is -0.228. The number of ether oxygens (including phenoxy) is 1. The SMILES string of the molecule is CC(COC(C)(C)C)C(O)O. The van der Waals surface area contributed by atoms with Crippen LogP contribution in [0, 0.1) is 5.92 Å². The van der Waals surface area contributed by atoms with Crippen LogP contribution >= 0.6 is 0 Å². The minimum atomic E-state index is -1.28. The predicted octanol–water partition coefficient (Wildman–Crippen LogP) is 0.748. The molecule has 0 fully saturated rings. The van der Waals surface area contributed by atoms with E-state index in [4.69, 9.17) is 14.9 Å². The standard InChI is InChI=1S/C8H18O3/c1-6(7(9)10)5-11-8(2,3)4/h6-7,9-10H,5H2,1-4H3. The van der Waals surface area contributed by atoms with Crippen molar-refractivity contribution >= 4 is 0 Å². The second kappa shape index (κ2) is 4.04. The van der Waals surface area contributed by atoms with E-state index in [1.165, 1.54) is 0 Å². The Hall–Kier alpha value is -0.120. The normalized spacial score (nSPS) is 15.5. The fourth-order valence-electron chi connectivity index (χ4n) is 0.468. The van der Waals surface area contributed by atoms with Crippen LogP contribution < -0.4 is 0 Å². The Morgan fingerprint density at radius 3 is 2.00 bits per heavy atom. The van der Waals surface area contributed by atoms with Gasteiger partial charge in [-0.2, -0.15) is 0 Å². The summed E-state index contributed by atoms with van der Waals surface area (Å²) in [6, 6.07) is 0. The van der Waals surface area contributed by atoms with Gasteiger partial charge in [0.1, 0.15) is 0 Å². The molecule has 0 aromatic carbocycles. The Morgan fingerprint density at radius 2 is 1.73 bits per heavy atom. The van der Waals surface area contributed by atoms with Crippen LogP contribution in [0.2, 0.25) is 0 Å². The molecule has 3 heteroatoms. The number of aliphatic hydroxyl groups is 2. The van der Waals surface area contributed by atoms with Crippen LogP contribution in [-0.2, 0) is 4.74 Å². The molecular weight excluding hydrogens is 144 g/mol. The Bertz CT molecular complexity index is 104. The first-order valence-electron chi connectivity index (χ1n) is 3.83. The Balaban J connectivity index is 3.54. The fourth-order valence-corrected chi connectivity index (χ4v) is 0.468. The van der Waals surface area contributed by atoms with Gasteiger partial charge in [0, 0.05) is 5.92 Å². The molecule has 0 radical (unpaired) electrons. The first-order valence-corrected chi connectivity index (χ1v) is 3.83. The molecule has 0 saturated carbocycles. The summed E-state index contributed by atoms with van der Waals surface area (Å²) in [6.07, 6.45) is -1.28. The van der Waals surface area contributed by atoms with E-state index in [0.29, 0.717) is 6.61 Å². The summed E-state index contributed by atoms with van der Waals surface area (Å²) < 4.78 is 5.33. The van der Waals surface area contributed by atoms with E-state index in [-0.39, 0.29) is 11.5 Å². The van der Waals surface area contributed by atoms with Gasteiger partial charge < -0.3 is 14.9 Å². The maximum atomic E-state index is 8.69. The zero-order valence-corrected chi connectivity index (χ0v) is 7.66. The van der Waals surface area contributed by atoms with Crippen molar-refractivity contribution in [1.82, 2.24) is 0 Å². The second-order valence-electron chi connectivity index (χ2n) is 3.81. The highest BCUT2D eigenvalue weighted by molar-refractivity contribution is 4.61. The first kappa shape index (κ1) is 10.9. The van der Waals surface area contributed by atoms with Crippen LogP contribution in [0.5, 0.6) is 0 Å². The molecule has 0 saturated heterocycles. The quantitative estimate of drug-likeness (QED) is 0.602. The second-order valence-corrected chi connectivity index (χ2v) is 3.81. The smallest absolute Gasteiger partial charge is 0.156 e. The lowest BCUT2D eigenvalue weighted by Crippen LogP contribution is -2.28. The molecule has 0 aromatic heterocycles. The molecule has 0 aliphatic carbocycles. The van der Waals surface area contributed by atoms with Crippen molar-refractivity contribution in [3.05, 3.63) is 0 Å². The number of hydrogen-bond acceptors (Lipinski definition) is 3. The van der Waals surface area contributed by atoms with E-state index in [0.717, 1.165) is 0 Å². The lowest BCUT2D eigenvalue weighted by atomic mass is 10.1. The highest BCUT2D eigenvalue weighted by atomic mass is 16.5. The third-order valence-corrected chi connectivity index (χ3v) is 1.29. The summed E-state index contributed by atoms with van der Waals surface area (Å²) in [6.45, 7) is 7.91. The highest BCUT2D eigenvalue weighted by Gasteiger charge is 2.15. The Kier molecular flexibility index (Phi) is 4.00. The average Bonchev–Trinajstić information content (AvgIpc) is 1.80. The molecule has 3 nitrogen and oxygen atoms in total. The lowest BCUT2D eigenvalue weighted by Gasteiger charge is -2.23. The molecular formula is C8H18O3. The van der Waals surface area contributed by atoms with Crippen molar-refractivity contribution in [3.63, 3.8) is 0 Å². The van der Waals surface area contributed by atoms with Crippen molar-refractivity contribution in [2.24, 2.45) is 5.92 Å². The Labute approximate surface area is 68.0 Å². The van der Waals surface area contributed by atoms with Gasteiger partial charge >= 0.3 is 0 Å². The van der Waals surface area contributed by atoms with Gasteiger partial charge in [-0.25, -0.2) is 0 Å². The molecule has 2 N–H and O–H groups in total. The molecule has 1 unspecified atom stereocenters. The number of rotatable bonds is 3. The lowest BCUT2D eigenvalue weighted by molar-refractivity contribution is -0.117. The van der Waals surface area contributed by atoms with Crippen molar-refractivity contribution in [2.45, 2.75) is 39.6 Å². The zero-order chi connectivity index (χ0) is 9.07. The third-order valence-electron chi connectivity index (χ3n) is 1.29. The molecule has 1 atom stereocenters. The van der Waals surface area contributed by atoms with Gasteiger partial charge in [0.25, 0.3) is 0 Å². The first-order chi connectivity index (χ1) is 4.83. The fraction of sp³-hybridized carbons (Fsp3) is 1.00. The molecule has 0 spiro atoms. The summed E-state index contributed by atoms with van der Waals surface area (Å²) in [7, 11) is 0. The number of hydrogen-bond donors (Lipinski definition) is 2. The average molecular weight is 162 g/mol. The topological polar surface area (TPSA) is 49.7 Å². The van der Waals surface area contributed by atoms with Gasteiger partial charge in [0.2, 0.25) is 0 Å². The minimum absolute atomic E-state index is 0.205. The van der Waals surface area contributed by atoms with Gasteiger partial charge in [-0.1, -0.05) is 6.92 Å². The molecule has 0 bridgehead atoms. The van der Waals surface area contributed by atoms with Crippen LogP contribution in [0.1, 0.15) is 27.7 Å². The van der Waals surface area contributed by atoms with Crippen LogP contribution in [0.4, 0.5) is 0 Å². The molecule has 68 valence electrons. The molecule has 0 aromatic rings. The van der Waals surface area contributed by atoms with E-state index >= 15 is 0 Å². The van der Waals surface area contributed by atoms with Gasteiger partial charge in [-0.3, -0.25) is 0 Å². The van der Waals surface area contributed by atoms with E-state index in [1.54, 1.807) is 6.92 Å². The molecule has 0 aliphatic heterocycles. The van der Waals surface area contributed by atoms with Crippen LogP contribution in [0.15, 0.2) is 0 Å². The van der Waals surface area contributed by atoms with Crippen LogP contribution in [0.25, 0.3) is 0 Å². The molecule has 0 heterocycles. The Morgan fingerprint density at radius 1 is 1.27 bits per heavy atom. The van der Waals surface area contributed by atoms with Gasteiger partial charge in [0.15, 0.2) is 6.29 Å². The van der Waals surface area contributed by atoms with Gasteiger partial charge in [-0.15, -0.1) is 0 Å². The van der Waals surface area contributed by atoms with Crippen molar-refractivity contribution in [2.75, 3.05) is 6.61 Å². The van der Waals surface area contributed by atoms with Gasteiger partial charge in [-0.05, 0) is 20.8 Å². The highest BCUT2D eigenvalue weighted by Crippen LogP contribution is 2.10. The molecule has 0 aliphatic rings. The van der Waals surface area contributed by atoms with Crippen molar-refractivity contribution < 1.29 is 14.9 Å². The maximum Gasteiger partial charge on any atom is 0.156 e. The summed E-state index contributed by atoms with van der Waals surface area (Å²) in [5.41, 5.74) is -0.205. The summed E-state index contributed by atoms with van der Waals surface area (Å²) in [4.78, 5) is 0. The van der Waals surface area contributed by atoms with E-state index in [9.17, 15) is 0 Å². The predicted molar refractivity (Wildman–Crippen MR) is 43.1 cm³/mol. The molecule has 0 rings (SSSR count). The molecule has 11 heavy (non-hydrogen) atoms. The largest absolute Gasteiger partial charge is 0.375 e. The van der Waals surface area contributed by atoms with Gasteiger partial charge in [0.05, 0.1) is 12.2 Å². The van der Waals surface area contributed by atoms with Crippen molar-refractivity contribution in [3.8, 4) is 0 Å². The van der Waals surface area contributed by atoms with E-state index in [2.05, 4.69) is 0 Å². The summed E-state index contributed by atoms with van der Waals surface area (Å²) >= 11 is 0. The monoisotopic (exact) mass is 162 g/mol. The van der Waals surface area contributed by atoms with E-state index in [1.807, 2.05) is 20.8 Å². The maximum absolute atomic E-state index is 8.69. The van der Waals surface area contributed by atoms with Crippen LogP contribution in [0.3, 0.4) is 0 Å². The van der Waals surface area contributed by atoms with Crippen molar-refractivity contribution in [1.29, 1.82) is 0 Å². The molecule has 0 amide bonds. The zero-order valence-electron chi connectivity index (χ0n) is 7.66. The van der Waals surface area contributed by atoms with Crippen LogP contribution in [-0.4, -0.2) is 28.7 Å². The summed E-state index contributed by atoms with van der Waals surface area (Å²) in [5, 5.41) is 17.4. The van der Waals surface area contributed by atoms with E-state index < -0.39 is 6.29 Å². The minimum Gasteiger partial charge on any atom is -0.375 e. The third kappa shape index (κ3) is 6.28.